The second-order valence-electron chi connectivity index (χ2n) is 14.3. The van der Waals surface area contributed by atoms with Gasteiger partial charge in [0.1, 0.15) is 0 Å². The minimum atomic E-state index is 0.987. The van der Waals surface area contributed by atoms with Gasteiger partial charge >= 0.3 is 0 Å². The molecular formula is C55H42N2. The van der Waals surface area contributed by atoms with Crippen LogP contribution in [-0.2, 0) is 0 Å². The Labute approximate surface area is 337 Å². The smallest absolute Gasteiger partial charge is 0.0630 e. The molecule has 0 N–H and O–H groups in total. The minimum absolute atomic E-state index is 0.987. The van der Waals surface area contributed by atoms with Gasteiger partial charge in [0.25, 0.3) is 0 Å². The molecule has 0 saturated heterocycles. The van der Waals surface area contributed by atoms with Crippen molar-refractivity contribution in [3.8, 4) is 33.4 Å². The summed E-state index contributed by atoms with van der Waals surface area (Å²) in [5, 5.41) is 0. The van der Waals surface area contributed by atoms with Crippen molar-refractivity contribution in [3.63, 3.8) is 0 Å². The summed E-state index contributed by atoms with van der Waals surface area (Å²) in [6.07, 6.45) is 10.4. The van der Waals surface area contributed by atoms with Crippen molar-refractivity contribution >= 4 is 39.7 Å². The third-order valence-electron chi connectivity index (χ3n) is 10.6. The molecule has 0 aromatic heterocycles. The van der Waals surface area contributed by atoms with E-state index in [1.54, 1.807) is 0 Å². The van der Waals surface area contributed by atoms with Crippen LogP contribution in [0.4, 0.5) is 34.1 Å². The Bertz CT molecular complexity index is 2610. The van der Waals surface area contributed by atoms with Gasteiger partial charge in [0.15, 0.2) is 0 Å². The molecule has 9 rings (SSSR count). The lowest BCUT2D eigenvalue weighted by Crippen LogP contribution is -2.10. The Kier molecular flexibility index (Phi) is 10.3. The van der Waals surface area contributed by atoms with Gasteiger partial charge in [0, 0.05) is 28.4 Å². The number of nitrogens with zero attached hydrogens (tertiary/aromatic N) is 2. The molecule has 272 valence electrons. The van der Waals surface area contributed by atoms with Crippen molar-refractivity contribution in [2.24, 2.45) is 0 Å². The van der Waals surface area contributed by atoms with E-state index in [-0.39, 0.29) is 0 Å². The Morgan fingerprint density at radius 2 is 0.877 bits per heavy atom. The molecule has 0 amide bonds. The first-order chi connectivity index (χ1) is 28.3. The van der Waals surface area contributed by atoms with Gasteiger partial charge in [-0.25, -0.2) is 0 Å². The highest BCUT2D eigenvalue weighted by molar-refractivity contribution is 5.89. The standard InChI is InChI=1S/C55H42N2/c1-2-7-18-42(17-6-1)44-29-35-51(36-30-44)56(49-23-10-4-11-24-49)52-37-33-46(34-38-52)47-21-16-22-48(41-47)54-27-14-15-28-55(54)57(50-25-12-5-13-26-50)53-39-31-45(32-40-53)43-19-8-3-9-20-43/h3-6,8-13,15-26,28-41H,1-2,7H2. The van der Waals surface area contributed by atoms with E-state index in [2.05, 4.69) is 234 Å². The highest BCUT2D eigenvalue weighted by atomic mass is 15.1. The maximum atomic E-state index is 3.50. The van der Waals surface area contributed by atoms with Crippen LogP contribution < -0.4 is 9.80 Å². The first-order valence-corrected chi connectivity index (χ1v) is 19.7. The molecule has 0 bridgehead atoms. The van der Waals surface area contributed by atoms with E-state index in [4.69, 9.17) is 0 Å². The van der Waals surface area contributed by atoms with Gasteiger partial charge in [0.05, 0.1) is 11.3 Å². The zero-order valence-electron chi connectivity index (χ0n) is 31.8. The maximum Gasteiger partial charge on any atom is 0.0630 e. The molecule has 0 spiro atoms. The molecule has 0 saturated carbocycles. The van der Waals surface area contributed by atoms with Gasteiger partial charge in [-0.1, -0.05) is 152 Å². The SMILES string of the molecule is c1ccc(N(c2ccccc2)c2ccc(-c3ccccc3)cc2)c(-c2cccc(-c3ccc(N(c4ccccc4)c4ccc(C5=CCCCC=C5)cc4)cc3)c2)c#1. The molecule has 57 heavy (non-hydrogen) atoms. The fourth-order valence-corrected chi connectivity index (χ4v) is 7.70. The molecule has 2 nitrogen and oxygen atoms in total. The van der Waals surface area contributed by atoms with Crippen LogP contribution in [0.25, 0.3) is 39.0 Å². The van der Waals surface area contributed by atoms with Crippen LogP contribution in [0, 0.1) is 12.1 Å². The van der Waals surface area contributed by atoms with E-state index in [0.717, 1.165) is 69.2 Å². The molecule has 2 heteroatoms. The first-order valence-electron chi connectivity index (χ1n) is 19.7. The largest absolute Gasteiger partial charge is 0.311 e. The molecule has 0 heterocycles. The molecule has 0 fully saturated rings. The molecule has 1 aliphatic carbocycles. The lowest BCUT2D eigenvalue weighted by molar-refractivity contribution is 0.876. The van der Waals surface area contributed by atoms with Crippen molar-refractivity contribution < 1.29 is 0 Å². The van der Waals surface area contributed by atoms with Gasteiger partial charge in [0.2, 0.25) is 0 Å². The minimum Gasteiger partial charge on any atom is -0.311 e. The van der Waals surface area contributed by atoms with Crippen LogP contribution in [0.15, 0.2) is 218 Å². The maximum absolute atomic E-state index is 3.50. The summed E-state index contributed by atoms with van der Waals surface area (Å²) in [7, 11) is 0. The topological polar surface area (TPSA) is 6.48 Å². The number of allylic oxidation sites excluding steroid dienone is 4. The summed E-state index contributed by atoms with van der Waals surface area (Å²) >= 11 is 0. The fraction of sp³-hybridized carbons (Fsp3) is 0.0545. The quantitative estimate of drug-likeness (QED) is 0.138. The van der Waals surface area contributed by atoms with Gasteiger partial charge < -0.3 is 9.80 Å². The fourth-order valence-electron chi connectivity index (χ4n) is 7.70. The van der Waals surface area contributed by atoms with E-state index in [9.17, 15) is 0 Å². The Hall–Kier alpha value is -7.34. The number of benzene rings is 7. The van der Waals surface area contributed by atoms with E-state index in [1.165, 1.54) is 28.7 Å². The highest BCUT2D eigenvalue weighted by Crippen LogP contribution is 2.42. The van der Waals surface area contributed by atoms with E-state index < -0.39 is 0 Å². The zero-order chi connectivity index (χ0) is 38.2. The zero-order valence-corrected chi connectivity index (χ0v) is 31.8. The predicted octanol–water partition coefficient (Wildman–Crippen LogP) is 15.4. The number of anilines is 6. The van der Waals surface area contributed by atoms with Crippen molar-refractivity contribution in [1.29, 1.82) is 0 Å². The van der Waals surface area contributed by atoms with Crippen molar-refractivity contribution in [1.82, 2.24) is 0 Å². The Morgan fingerprint density at radius 3 is 1.53 bits per heavy atom. The van der Waals surface area contributed by atoms with Crippen LogP contribution >= 0.6 is 0 Å². The normalized spacial score (nSPS) is 12.2. The average molecular weight is 731 g/mol. The van der Waals surface area contributed by atoms with Crippen LogP contribution in [0.3, 0.4) is 0 Å². The number of hydrogen-bond acceptors (Lipinski definition) is 2. The summed E-state index contributed by atoms with van der Waals surface area (Å²) in [6.45, 7) is 0. The average Bonchev–Trinajstić information content (AvgIpc) is 3.59. The second kappa shape index (κ2) is 16.6. The molecule has 8 aromatic rings. The number of hydrogen-bond donors (Lipinski definition) is 0. The van der Waals surface area contributed by atoms with Gasteiger partial charge in [-0.3, -0.25) is 0 Å². The van der Waals surface area contributed by atoms with E-state index >= 15 is 0 Å². The van der Waals surface area contributed by atoms with Crippen LogP contribution in [0.2, 0.25) is 0 Å². The molecule has 8 aromatic carbocycles. The molecule has 0 aliphatic heterocycles. The first kappa shape index (κ1) is 35.4. The van der Waals surface area contributed by atoms with Crippen LogP contribution in [0.1, 0.15) is 24.8 Å². The van der Waals surface area contributed by atoms with E-state index in [1.807, 2.05) is 6.07 Å². The highest BCUT2D eigenvalue weighted by Gasteiger charge is 2.18. The predicted molar refractivity (Wildman–Crippen MR) is 241 cm³/mol. The van der Waals surface area contributed by atoms with Crippen LogP contribution in [-0.4, -0.2) is 0 Å². The summed E-state index contributed by atoms with van der Waals surface area (Å²) in [5.74, 6) is 0. The van der Waals surface area contributed by atoms with Crippen molar-refractivity contribution in [2.45, 2.75) is 19.3 Å². The number of para-hydroxylation sites is 2. The molecule has 0 unspecified atom stereocenters. The Morgan fingerprint density at radius 1 is 0.386 bits per heavy atom. The Balaban J connectivity index is 1.04. The lowest BCUT2D eigenvalue weighted by atomic mass is 9.97. The summed E-state index contributed by atoms with van der Waals surface area (Å²) in [6, 6.07) is 78.0. The summed E-state index contributed by atoms with van der Waals surface area (Å²) in [5.41, 5.74) is 15.8. The number of rotatable bonds is 10. The van der Waals surface area contributed by atoms with Crippen molar-refractivity contribution in [2.75, 3.05) is 9.80 Å². The molecule has 1 aliphatic rings. The molecular weight excluding hydrogens is 689 g/mol. The molecule has 0 radical (unpaired) electrons. The third-order valence-corrected chi connectivity index (χ3v) is 10.6. The second-order valence-corrected chi connectivity index (χ2v) is 14.3. The summed E-state index contributed by atoms with van der Waals surface area (Å²) < 4.78 is 0. The monoisotopic (exact) mass is 730 g/mol. The van der Waals surface area contributed by atoms with E-state index in [0.29, 0.717) is 0 Å². The van der Waals surface area contributed by atoms with Crippen LogP contribution in [0.5, 0.6) is 0 Å². The van der Waals surface area contributed by atoms with Gasteiger partial charge in [-0.2, -0.15) is 0 Å². The summed E-state index contributed by atoms with van der Waals surface area (Å²) in [4.78, 5) is 4.64. The van der Waals surface area contributed by atoms with Crippen molar-refractivity contribution in [3.05, 3.63) is 236 Å². The lowest BCUT2D eigenvalue weighted by Gasteiger charge is -2.27. The van der Waals surface area contributed by atoms with Gasteiger partial charge in [-0.05, 0) is 137 Å². The molecule has 0 atom stereocenters. The van der Waals surface area contributed by atoms with Gasteiger partial charge in [-0.15, -0.1) is 0 Å². The third kappa shape index (κ3) is 7.78.